The number of aryl methyl sites for hydroxylation is 2. The SMILES string of the molecule is COc1ccc2cc(C(C)C(=O)Oc3cc(C)cc(C)c3C(C)(C)CCO[Si](C)(C)C(C)(C)C)ccc2c1. The summed E-state index contributed by atoms with van der Waals surface area (Å²) < 4.78 is 18.0. The Bertz CT molecular complexity index is 1300. The molecule has 0 spiro atoms. The zero-order valence-electron chi connectivity index (χ0n) is 25.2. The standard InChI is InChI=1S/C33H46O4Si/c1-22-18-23(2)30(33(7,8)16-17-36-38(10,11)32(4,5)6)29(19-22)37-31(34)24(3)25-12-13-27-21-28(35-9)15-14-26(27)20-25/h12-15,18-21,24H,16-17H2,1-11H3. The van der Waals surface area contributed by atoms with Gasteiger partial charge in [-0.3, -0.25) is 4.79 Å². The number of hydrogen-bond donors (Lipinski definition) is 0. The lowest BCUT2D eigenvalue weighted by Crippen LogP contribution is -2.41. The summed E-state index contributed by atoms with van der Waals surface area (Å²) in [5, 5.41) is 2.31. The van der Waals surface area contributed by atoms with E-state index in [1.54, 1.807) is 7.11 Å². The summed E-state index contributed by atoms with van der Waals surface area (Å²) in [5.41, 5.74) is 4.00. The fraction of sp³-hybridized carbons (Fsp3) is 0.485. The Hall–Kier alpha value is -2.63. The third kappa shape index (κ3) is 6.67. The molecule has 0 radical (unpaired) electrons. The molecule has 3 rings (SSSR count). The molecule has 0 heterocycles. The molecule has 0 N–H and O–H groups in total. The van der Waals surface area contributed by atoms with Gasteiger partial charge in [-0.15, -0.1) is 0 Å². The maximum atomic E-state index is 13.4. The summed E-state index contributed by atoms with van der Waals surface area (Å²) in [6.07, 6.45) is 0.845. The van der Waals surface area contributed by atoms with Crippen molar-refractivity contribution < 1.29 is 18.7 Å². The number of fused-ring (bicyclic) bond motifs is 1. The number of methoxy groups -OCH3 is 1. The topological polar surface area (TPSA) is 44.8 Å². The first-order chi connectivity index (χ1) is 17.6. The van der Waals surface area contributed by atoms with Crippen molar-refractivity contribution in [3.8, 4) is 11.5 Å². The molecule has 3 aromatic carbocycles. The first-order valence-electron chi connectivity index (χ1n) is 13.6. The summed E-state index contributed by atoms with van der Waals surface area (Å²) in [7, 11) is -0.174. The minimum absolute atomic E-state index is 0.169. The zero-order chi connectivity index (χ0) is 28.5. The number of rotatable bonds is 9. The number of carbonyl (C=O) groups is 1. The number of benzene rings is 3. The second kappa shape index (κ2) is 11.2. The Labute approximate surface area is 230 Å². The molecule has 0 fully saturated rings. The first kappa shape index (κ1) is 29.9. The highest BCUT2D eigenvalue weighted by molar-refractivity contribution is 6.74. The molecule has 0 aliphatic carbocycles. The molecular formula is C33H46O4Si. The maximum absolute atomic E-state index is 13.4. The van der Waals surface area contributed by atoms with Gasteiger partial charge in [-0.25, -0.2) is 0 Å². The Morgan fingerprint density at radius 1 is 0.921 bits per heavy atom. The molecule has 5 heteroatoms. The van der Waals surface area contributed by atoms with Gasteiger partial charge in [0, 0.05) is 12.2 Å². The van der Waals surface area contributed by atoms with Crippen LogP contribution in [0.5, 0.6) is 11.5 Å². The predicted molar refractivity (Wildman–Crippen MR) is 161 cm³/mol. The van der Waals surface area contributed by atoms with Crippen LogP contribution in [0, 0.1) is 13.8 Å². The smallest absolute Gasteiger partial charge is 0.318 e. The predicted octanol–water partition coefficient (Wildman–Crippen LogP) is 8.86. The molecule has 4 nitrogen and oxygen atoms in total. The van der Waals surface area contributed by atoms with Gasteiger partial charge >= 0.3 is 5.97 Å². The first-order valence-corrected chi connectivity index (χ1v) is 16.5. The monoisotopic (exact) mass is 534 g/mol. The number of esters is 1. The summed E-state index contributed by atoms with van der Waals surface area (Å²) in [6.45, 7) is 22.6. The molecule has 38 heavy (non-hydrogen) atoms. The van der Waals surface area contributed by atoms with Crippen molar-refractivity contribution in [1.82, 2.24) is 0 Å². The highest BCUT2D eigenvalue weighted by Crippen LogP contribution is 2.41. The van der Waals surface area contributed by atoms with Crippen molar-refractivity contribution in [2.75, 3.05) is 13.7 Å². The van der Waals surface area contributed by atoms with Crippen molar-refractivity contribution in [3.63, 3.8) is 0 Å². The summed E-state index contributed by atoms with van der Waals surface area (Å²) in [5.74, 6) is 0.817. The van der Waals surface area contributed by atoms with Crippen LogP contribution in [-0.4, -0.2) is 28.0 Å². The average Bonchev–Trinajstić information content (AvgIpc) is 2.81. The normalized spacial score (nSPS) is 13.4. The molecule has 1 atom stereocenters. The Kier molecular flexibility index (Phi) is 8.84. The lowest BCUT2D eigenvalue weighted by molar-refractivity contribution is -0.135. The average molecular weight is 535 g/mol. The van der Waals surface area contributed by atoms with Crippen LogP contribution in [0.25, 0.3) is 10.8 Å². The molecular weight excluding hydrogens is 488 g/mol. The molecule has 0 amide bonds. The number of carbonyl (C=O) groups excluding carboxylic acids is 1. The summed E-state index contributed by atoms with van der Waals surface area (Å²) in [4.78, 5) is 13.4. The van der Waals surface area contributed by atoms with Gasteiger partial charge in [0.1, 0.15) is 11.5 Å². The van der Waals surface area contributed by atoms with Crippen molar-refractivity contribution >= 4 is 25.1 Å². The van der Waals surface area contributed by atoms with Gasteiger partial charge in [0.2, 0.25) is 0 Å². The lowest BCUT2D eigenvalue weighted by Gasteiger charge is -2.37. The van der Waals surface area contributed by atoms with E-state index in [0.717, 1.165) is 45.2 Å². The van der Waals surface area contributed by atoms with Crippen LogP contribution in [0.4, 0.5) is 0 Å². The molecule has 1 unspecified atom stereocenters. The molecule has 0 aliphatic heterocycles. The molecule has 0 aromatic heterocycles. The Morgan fingerprint density at radius 2 is 1.55 bits per heavy atom. The maximum Gasteiger partial charge on any atom is 0.318 e. The van der Waals surface area contributed by atoms with Crippen LogP contribution < -0.4 is 9.47 Å². The minimum atomic E-state index is -1.84. The molecule has 206 valence electrons. The van der Waals surface area contributed by atoms with E-state index < -0.39 is 14.2 Å². The summed E-state index contributed by atoms with van der Waals surface area (Å²) in [6, 6.07) is 16.2. The van der Waals surface area contributed by atoms with Crippen LogP contribution in [0.15, 0.2) is 48.5 Å². The van der Waals surface area contributed by atoms with E-state index >= 15 is 0 Å². The lowest BCUT2D eigenvalue weighted by atomic mass is 9.78. The third-order valence-corrected chi connectivity index (χ3v) is 12.8. The third-order valence-electron chi connectivity index (χ3n) is 8.25. The minimum Gasteiger partial charge on any atom is -0.497 e. The van der Waals surface area contributed by atoms with Crippen LogP contribution in [0.1, 0.15) is 76.1 Å². The van der Waals surface area contributed by atoms with Gasteiger partial charge in [0.05, 0.1) is 13.0 Å². The van der Waals surface area contributed by atoms with Gasteiger partial charge in [0.15, 0.2) is 8.32 Å². The van der Waals surface area contributed by atoms with Gasteiger partial charge in [-0.2, -0.15) is 0 Å². The van der Waals surface area contributed by atoms with Crippen LogP contribution >= 0.6 is 0 Å². The van der Waals surface area contributed by atoms with Crippen LogP contribution in [0.3, 0.4) is 0 Å². The van der Waals surface area contributed by atoms with Crippen LogP contribution in [-0.2, 0) is 14.6 Å². The molecule has 0 bridgehead atoms. The van der Waals surface area contributed by atoms with E-state index in [4.69, 9.17) is 13.9 Å². The largest absolute Gasteiger partial charge is 0.497 e. The molecule has 3 aromatic rings. The summed E-state index contributed by atoms with van der Waals surface area (Å²) >= 11 is 0. The molecule has 0 saturated carbocycles. The number of hydrogen-bond acceptors (Lipinski definition) is 4. The van der Waals surface area contributed by atoms with E-state index in [9.17, 15) is 4.79 Å². The van der Waals surface area contributed by atoms with Crippen molar-refractivity contribution in [1.29, 1.82) is 0 Å². The highest BCUT2D eigenvalue weighted by Gasteiger charge is 2.38. The van der Waals surface area contributed by atoms with E-state index in [0.29, 0.717) is 12.4 Å². The molecule has 0 saturated heterocycles. The van der Waals surface area contributed by atoms with Crippen molar-refractivity contribution in [3.05, 3.63) is 70.8 Å². The van der Waals surface area contributed by atoms with Gasteiger partial charge in [-0.05, 0) is 96.4 Å². The fourth-order valence-corrected chi connectivity index (χ4v) is 5.80. The second-order valence-corrected chi connectivity index (χ2v) is 17.6. The van der Waals surface area contributed by atoms with E-state index in [1.165, 1.54) is 0 Å². The van der Waals surface area contributed by atoms with Crippen molar-refractivity contribution in [2.24, 2.45) is 0 Å². The van der Waals surface area contributed by atoms with E-state index in [1.807, 2.05) is 50.2 Å². The molecule has 0 aliphatic rings. The van der Waals surface area contributed by atoms with E-state index in [2.05, 4.69) is 66.8 Å². The quantitative estimate of drug-likeness (QED) is 0.156. The van der Waals surface area contributed by atoms with Crippen molar-refractivity contribution in [2.45, 2.75) is 91.3 Å². The Morgan fingerprint density at radius 3 is 2.18 bits per heavy atom. The highest BCUT2D eigenvalue weighted by atomic mass is 28.4. The Balaban J connectivity index is 1.84. The van der Waals surface area contributed by atoms with Gasteiger partial charge in [-0.1, -0.05) is 65.0 Å². The van der Waals surface area contributed by atoms with E-state index in [-0.39, 0.29) is 16.4 Å². The fourth-order valence-electron chi connectivity index (χ4n) is 4.75. The van der Waals surface area contributed by atoms with Gasteiger partial charge < -0.3 is 13.9 Å². The second-order valence-electron chi connectivity index (χ2n) is 12.8. The number of ether oxygens (including phenoxy) is 2. The van der Waals surface area contributed by atoms with Crippen LogP contribution in [0.2, 0.25) is 18.1 Å². The van der Waals surface area contributed by atoms with Gasteiger partial charge in [0.25, 0.3) is 0 Å². The zero-order valence-corrected chi connectivity index (χ0v) is 26.2.